The number of ether oxygens (including phenoxy) is 2. The highest BCUT2D eigenvalue weighted by Crippen LogP contribution is 2.29. The number of thiazole rings is 1. The Balaban J connectivity index is 1.63. The number of amides is 2. The summed E-state index contributed by atoms with van der Waals surface area (Å²) in [4.78, 5) is 43.6. The van der Waals surface area contributed by atoms with Crippen LogP contribution in [0.1, 0.15) is 43.7 Å². The van der Waals surface area contributed by atoms with Gasteiger partial charge in [-0.05, 0) is 49.2 Å². The lowest BCUT2D eigenvalue weighted by molar-refractivity contribution is -0.148. The number of rotatable bonds is 10. The van der Waals surface area contributed by atoms with Gasteiger partial charge in [0.2, 0.25) is 5.91 Å². The molecule has 2 amide bonds. The number of nitrogens with zero attached hydrogens (tertiary/aromatic N) is 2. The van der Waals surface area contributed by atoms with Gasteiger partial charge in [-0.25, -0.2) is 9.78 Å². The van der Waals surface area contributed by atoms with E-state index >= 15 is 0 Å². The average molecular weight is 496 g/mol. The van der Waals surface area contributed by atoms with Gasteiger partial charge in [0.15, 0.2) is 5.13 Å². The van der Waals surface area contributed by atoms with E-state index in [1.165, 1.54) is 23.2 Å². The zero-order valence-corrected chi connectivity index (χ0v) is 21.0. The lowest BCUT2D eigenvalue weighted by Gasteiger charge is -2.21. The van der Waals surface area contributed by atoms with Crippen LogP contribution in [0.2, 0.25) is 0 Å². The smallest absolute Gasteiger partial charge is 0.329 e. The summed E-state index contributed by atoms with van der Waals surface area (Å²) in [5.74, 6) is -0.626. The van der Waals surface area contributed by atoms with Gasteiger partial charge in [-0.2, -0.15) is 0 Å². The molecule has 8 nitrogen and oxygen atoms in total. The fourth-order valence-corrected chi connectivity index (χ4v) is 4.17. The van der Waals surface area contributed by atoms with Crippen molar-refractivity contribution >= 4 is 39.9 Å². The summed E-state index contributed by atoms with van der Waals surface area (Å²) < 4.78 is 10.9. The van der Waals surface area contributed by atoms with Gasteiger partial charge in [0.25, 0.3) is 5.91 Å². The molecule has 0 saturated heterocycles. The second-order valence-corrected chi connectivity index (χ2v) is 8.91. The molecule has 1 N–H and O–H groups in total. The van der Waals surface area contributed by atoms with Crippen molar-refractivity contribution in [3.05, 3.63) is 71.2 Å². The summed E-state index contributed by atoms with van der Waals surface area (Å²) in [6.45, 7) is 7.47. The summed E-state index contributed by atoms with van der Waals surface area (Å²) in [5.41, 5.74) is 1.64. The molecule has 3 rings (SSSR count). The minimum atomic E-state index is -0.829. The Bertz CT molecular complexity index is 1150. The highest BCUT2D eigenvalue weighted by Gasteiger charge is 2.27. The van der Waals surface area contributed by atoms with Crippen LogP contribution in [-0.4, -0.2) is 35.4 Å². The standard InChI is InChI=1S/C26H29N3O5S/c1-5-33-22-13-11-19(12-14-22)24(31)28-23(17(2)3)25(32)34-15-20-16-35-26(27-20)29(18(4)30)21-9-7-6-8-10-21/h6-14,16-17,23H,5,15H2,1-4H3,(H,28,31)/t23-/m0/s1. The van der Waals surface area contributed by atoms with Crippen molar-refractivity contribution in [2.75, 3.05) is 11.5 Å². The van der Waals surface area contributed by atoms with E-state index in [9.17, 15) is 14.4 Å². The maximum absolute atomic E-state index is 12.8. The van der Waals surface area contributed by atoms with Crippen LogP contribution >= 0.6 is 11.3 Å². The minimum Gasteiger partial charge on any atom is -0.494 e. The molecule has 9 heteroatoms. The van der Waals surface area contributed by atoms with E-state index in [1.807, 2.05) is 51.1 Å². The number of anilines is 2. The predicted molar refractivity (Wildman–Crippen MR) is 135 cm³/mol. The lowest BCUT2D eigenvalue weighted by Crippen LogP contribution is -2.45. The first kappa shape index (κ1) is 25.9. The second kappa shape index (κ2) is 12.1. The molecule has 1 heterocycles. The molecule has 1 atom stereocenters. The summed E-state index contributed by atoms with van der Waals surface area (Å²) >= 11 is 1.28. The molecule has 35 heavy (non-hydrogen) atoms. The van der Waals surface area contributed by atoms with Gasteiger partial charge >= 0.3 is 5.97 Å². The van der Waals surface area contributed by atoms with Gasteiger partial charge in [-0.15, -0.1) is 11.3 Å². The van der Waals surface area contributed by atoms with Crippen LogP contribution in [0.5, 0.6) is 5.75 Å². The average Bonchev–Trinajstić information content (AvgIpc) is 3.30. The van der Waals surface area contributed by atoms with Crippen LogP contribution in [0, 0.1) is 5.92 Å². The molecule has 0 aliphatic carbocycles. The number of esters is 1. The van der Waals surface area contributed by atoms with Gasteiger partial charge in [0.1, 0.15) is 18.4 Å². The number of hydrogen-bond acceptors (Lipinski definition) is 7. The molecule has 2 aromatic carbocycles. The quantitative estimate of drug-likeness (QED) is 0.409. The Labute approximate surface area is 208 Å². The molecule has 0 bridgehead atoms. The summed E-state index contributed by atoms with van der Waals surface area (Å²) in [7, 11) is 0. The molecule has 0 aliphatic heterocycles. The number of hydrogen-bond donors (Lipinski definition) is 1. The number of benzene rings is 2. The molecule has 0 unspecified atom stereocenters. The fraction of sp³-hybridized carbons (Fsp3) is 0.308. The third-order valence-electron chi connectivity index (χ3n) is 5.06. The molecule has 1 aromatic heterocycles. The number of carbonyl (C=O) groups is 3. The zero-order valence-electron chi connectivity index (χ0n) is 20.2. The van der Waals surface area contributed by atoms with E-state index in [2.05, 4.69) is 10.3 Å². The van der Waals surface area contributed by atoms with Gasteiger partial charge in [0.05, 0.1) is 18.0 Å². The van der Waals surface area contributed by atoms with Gasteiger partial charge in [-0.3, -0.25) is 14.5 Å². The number of nitrogens with one attached hydrogen (secondary N) is 1. The first-order valence-corrected chi connectivity index (χ1v) is 12.2. The lowest BCUT2D eigenvalue weighted by atomic mass is 10.0. The minimum absolute atomic E-state index is 0.0714. The molecular formula is C26H29N3O5S. The summed E-state index contributed by atoms with van der Waals surface area (Å²) in [6, 6.07) is 15.1. The Morgan fingerprint density at radius 2 is 1.74 bits per heavy atom. The molecule has 184 valence electrons. The molecule has 0 spiro atoms. The van der Waals surface area contributed by atoms with Crippen molar-refractivity contribution in [1.29, 1.82) is 0 Å². The first-order valence-electron chi connectivity index (χ1n) is 11.3. The number of aromatic nitrogens is 1. The Morgan fingerprint density at radius 1 is 1.06 bits per heavy atom. The predicted octanol–water partition coefficient (Wildman–Crippen LogP) is 4.72. The number of carbonyl (C=O) groups excluding carboxylic acids is 3. The first-order chi connectivity index (χ1) is 16.8. The fourth-order valence-electron chi connectivity index (χ4n) is 3.30. The third-order valence-corrected chi connectivity index (χ3v) is 5.93. The molecular weight excluding hydrogens is 466 g/mol. The van der Waals surface area contributed by atoms with E-state index in [4.69, 9.17) is 9.47 Å². The molecule has 0 fully saturated rings. The van der Waals surface area contributed by atoms with Crippen molar-refractivity contribution in [3.8, 4) is 5.75 Å². The SMILES string of the molecule is CCOc1ccc(C(=O)N[C@H](C(=O)OCc2csc(N(C(C)=O)c3ccccc3)n2)C(C)C)cc1. The summed E-state index contributed by atoms with van der Waals surface area (Å²) in [6.07, 6.45) is 0. The maximum Gasteiger partial charge on any atom is 0.329 e. The second-order valence-electron chi connectivity index (χ2n) is 8.07. The van der Waals surface area contributed by atoms with E-state index in [0.717, 1.165) is 0 Å². The topological polar surface area (TPSA) is 97.8 Å². The van der Waals surface area contributed by atoms with E-state index in [1.54, 1.807) is 29.6 Å². The van der Waals surface area contributed by atoms with Crippen molar-refractivity contribution < 1.29 is 23.9 Å². The Kier molecular flexibility index (Phi) is 8.97. The molecule has 0 aliphatic rings. The Hall–Kier alpha value is -3.72. The monoisotopic (exact) mass is 495 g/mol. The van der Waals surface area contributed by atoms with E-state index in [0.29, 0.717) is 34.4 Å². The molecule has 0 saturated carbocycles. The van der Waals surface area contributed by atoms with Crippen LogP contribution in [0.3, 0.4) is 0 Å². The highest BCUT2D eigenvalue weighted by molar-refractivity contribution is 7.14. The van der Waals surface area contributed by atoms with Crippen molar-refractivity contribution in [1.82, 2.24) is 10.3 Å². The van der Waals surface area contributed by atoms with Gasteiger partial charge in [0, 0.05) is 17.9 Å². The van der Waals surface area contributed by atoms with Gasteiger partial charge < -0.3 is 14.8 Å². The van der Waals surface area contributed by atoms with E-state index < -0.39 is 12.0 Å². The van der Waals surface area contributed by atoms with Crippen LogP contribution in [-0.2, 0) is 20.9 Å². The van der Waals surface area contributed by atoms with Crippen LogP contribution in [0.4, 0.5) is 10.8 Å². The van der Waals surface area contributed by atoms with Crippen LogP contribution in [0.25, 0.3) is 0 Å². The van der Waals surface area contributed by atoms with Gasteiger partial charge in [-0.1, -0.05) is 32.0 Å². The van der Waals surface area contributed by atoms with Crippen molar-refractivity contribution in [2.45, 2.75) is 40.3 Å². The zero-order chi connectivity index (χ0) is 25.4. The van der Waals surface area contributed by atoms with Crippen LogP contribution in [0.15, 0.2) is 60.0 Å². The van der Waals surface area contributed by atoms with Crippen molar-refractivity contribution in [3.63, 3.8) is 0 Å². The maximum atomic E-state index is 12.8. The van der Waals surface area contributed by atoms with E-state index in [-0.39, 0.29) is 24.3 Å². The van der Waals surface area contributed by atoms with Crippen molar-refractivity contribution in [2.24, 2.45) is 5.92 Å². The molecule has 0 radical (unpaired) electrons. The molecule has 3 aromatic rings. The highest BCUT2D eigenvalue weighted by atomic mass is 32.1. The number of para-hydroxylation sites is 1. The largest absolute Gasteiger partial charge is 0.494 e. The Morgan fingerprint density at radius 3 is 2.34 bits per heavy atom. The summed E-state index contributed by atoms with van der Waals surface area (Å²) in [5, 5.41) is 4.98. The third kappa shape index (κ3) is 6.89. The van der Waals surface area contributed by atoms with Crippen LogP contribution < -0.4 is 15.0 Å². The normalized spacial score (nSPS) is 11.6.